The topological polar surface area (TPSA) is 80.9 Å². The van der Waals surface area contributed by atoms with Crippen LogP contribution in [0.15, 0.2) is 18.3 Å². The van der Waals surface area contributed by atoms with Gasteiger partial charge in [-0.05, 0) is 18.6 Å². The third-order valence-electron chi connectivity index (χ3n) is 2.98. The summed E-state index contributed by atoms with van der Waals surface area (Å²) in [4.78, 5) is 19.6. The lowest BCUT2D eigenvalue weighted by molar-refractivity contribution is -0.117. The van der Waals surface area contributed by atoms with Gasteiger partial charge in [-0.1, -0.05) is 11.6 Å². The predicted molar refractivity (Wildman–Crippen MR) is 70.6 cm³/mol. The van der Waals surface area contributed by atoms with Crippen LogP contribution < -0.4 is 11.1 Å². The molecule has 5 nitrogen and oxygen atoms in total. The van der Waals surface area contributed by atoms with Gasteiger partial charge in [-0.3, -0.25) is 9.78 Å². The largest absolute Gasteiger partial charge is 0.382 e. The van der Waals surface area contributed by atoms with Crippen LogP contribution in [0.4, 0.5) is 15.9 Å². The van der Waals surface area contributed by atoms with Gasteiger partial charge in [-0.2, -0.15) is 0 Å². The zero-order valence-electron chi connectivity index (χ0n) is 9.73. The lowest BCUT2D eigenvalue weighted by atomic mass is 10.2. The Bertz CT molecular complexity index is 678. The molecule has 1 fully saturated rings. The number of pyridine rings is 2. The molecule has 1 aliphatic carbocycles. The highest BCUT2D eigenvalue weighted by atomic mass is 35.5. The number of carbonyl (C=O) groups is 1. The van der Waals surface area contributed by atoms with Gasteiger partial charge in [0.2, 0.25) is 5.91 Å². The fourth-order valence-electron chi connectivity index (χ4n) is 1.87. The van der Waals surface area contributed by atoms with E-state index >= 15 is 0 Å². The number of nitrogens with zero attached hydrogens (tertiary/aromatic N) is 2. The van der Waals surface area contributed by atoms with Crippen molar-refractivity contribution in [1.29, 1.82) is 0 Å². The maximum absolute atomic E-state index is 12.8. The normalized spacial score (nSPS) is 21.4. The smallest absolute Gasteiger partial charge is 0.230 e. The average molecular weight is 281 g/mol. The van der Waals surface area contributed by atoms with Gasteiger partial charge in [-0.25, -0.2) is 9.37 Å². The van der Waals surface area contributed by atoms with Crippen LogP contribution in [-0.4, -0.2) is 22.0 Å². The molecule has 0 aliphatic heterocycles. The summed E-state index contributed by atoms with van der Waals surface area (Å²) < 4.78 is 12.8. The highest BCUT2D eigenvalue weighted by molar-refractivity contribution is 6.30. The summed E-state index contributed by atoms with van der Waals surface area (Å²) in [5, 5.41) is 3.54. The monoisotopic (exact) mass is 280 g/mol. The second-order valence-corrected chi connectivity index (χ2v) is 4.86. The number of aromatic nitrogens is 2. The van der Waals surface area contributed by atoms with Gasteiger partial charge >= 0.3 is 0 Å². The lowest BCUT2D eigenvalue weighted by Crippen LogP contribution is -2.15. The summed E-state index contributed by atoms with van der Waals surface area (Å²) >= 11 is 5.81. The Balaban J connectivity index is 1.91. The zero-order chi connectivity index (χ0) is 13.6. The van der Waals surface area contributed by atoms with Crippen molar-refractivity contribution in [3.63, 3.8) is 0 Å². The molecular weight excluding hydrogens is 271 g/mol. The third-order valence-corrected chi connectivity index (χ3v) is 3.17. The van der Waals surface area contributed by atoms with Crippen LogP contribution in [-0.2, 0) is 4.79 Å². The first-order chi connectivity index (χ1) is 9.04. The molecule has 19 heavy (non-hydrogen) atoms. The second kappa shape index (κ2) is 4.31. The van der Waals surface area contributed by atoms with Gasteiger partial charge < -0.3 is 11.1 Å². The molecular formula is C12H10ClFN4O. The van der Waals surface area contributed by atoms with Crippen LogP contribution in [0.1, 0.15) is 6.42 Å². The molecule has 7 heteroatoms. The quantitative estimate of drug-likeness (QED) is 0.826. The molecule has 0 spiro atoms. The number of nitrogens with two attached hydrogens (primary N) is 1. The van der Waals surface area contributed by atoms with E-state index in [1.54, 1.807) is 12.1 Å². The molecule has 0 saturated heterocycles. The second-order valence-electron chi connectivity index (χ2n) is 4.47. The number of hydrogen-bond donors (Lipinski definition) is 2. The number of fused-ring (bicyclic) bond motifs is 1. The minimum absolute atomic E-state index is 0.228. The van der Waals surface area contributed by atoms with Crippen molar-refractivity contribution >= 4 is 39.9 Å². The number of alkyl halides is 1. The van der Waals surface area contributed by atoms with Crippen LogP contribution in [0, 0.1) is 5.92 Å². The van der Waals surface area contributed by atoms with E-state index in [1.165, 1.54) is 6.20 Å². The molecule has 2 atom stereocenters. The van der Waals surface area contributed by atoms with Crippen LogP contribution in [0.25, 0.3) is 10.9 Å². The van der Waals surface area contributed by atoms with Gasteiger partial charge in [0.05, 0.1) is 17.8 Å². The van der Waals surface area contributed by atoms with E-state index < -0.39 is 12.1 Å². The first kappa shape index (κ1) is 12.1. The Morgan fingerprint density at radius 2 is 2.26 bits per heavy atom. The molecule has 1 aliphatic rings. The van der Waals surface area contributed by atoms with Crippen molar-refractivity contribution in [2.45, 2.75) is 12.6 Å². The molecule has 2 aromatic heterocycles. The van der Waals surface area contributed by atoms with Crippen molar-refractivity contribution in [1.82, 2.24) is 9.97 Å². The highest BCUT2D eigenvalue weighted by Crippen LogP contribution is 2.35. The molecule has 98 valence electrons. The van der Waals surface area contributed by atoms with E-state index in [1.807, 2.05) is 0 Å². The summed E-state index contributed by atoms with van der Waals surface area (Å²) in [6, 6.07) is 3.28. The van der Waals surface area contributed by atoms with E-state index in [9.17, 15) is 9.18 Å². The fraction of sp³-hybridized carbons (Fsp3) is 0.250. The molecule has 1 amide bonds. The van der Waals surface area contributed by atoms with E-state index in [0.29, 0.717) is 16.6 Å². The SMILES string of the molecule is Nc1nc(Cl)cc2cc(NC(=O)C3CC3F)cnc12. The minimum Gasteiger partial charge on any atom is -0.382 e. The lowest BCUT2D eigenvalue weighted by Gasteiger charge is -2.06. The molecule has 2 unspecified atom stereocenters. The first-order valence-electron chi connectivity index (χ1n) is 5.71. The Morgan fingerprint density at radius 3 is 2.95 bits per heavy atom. The summed E-state index contributed by atoms with van der Waals surface area (Å²) in [5.41, 5.74) is 6.69. The van der Waals surface area contributed by atoms with Crippen LogP contribution in [0.5, 0.6) is 0 Å². The number of anilines is 2. The van der Waals surface area contributed by atoms with Crippen molar-refractivity contribution < 1.29 is 9.18 Å². The number of carbonyl (C=O) groups excluding carboxylic acids is 1. The van der Waals surface area contributed by atoms with Gasteiger partial charge in [0.1, 0.15) is 16.8 Å². The van der Waals surface area contributed by atoms with Crippen molar-refractivity contribution in [3.8, 4) is 0 Å². The number of nitrogen functional groups attached to an aromatic ring is 1. The Labute approximate surface area is 113 Å². The molecule has 3 rings (SSSR count). The third kappa shape index (κ3) is 2.31. The summed E-state index contributed by atoms with van der Waals surface area (Å²) in [7, 11) is 0. The summed E-state index contributed by atoms with van der Waals surface area (Å²) in [6.45, 7) is 0. The van der Waals surface area contributed by atoms with E-state index in [0.717, 1.165) is 0 Å². The molecule has 0 aromatic carbocycles. The molecule has 0 radical (unpaired) electrons. The zero-order valence-corrected chi connectivity index (χ0v) is 10.5. The van der Waals surface area contributed by atoms with Crippen LogP contribution in [0.2, 0.25) is 5.15 Å². The number of halogens is 2. The van der Waals surface area contributed by atoms with E-state index in [4.69, 9.17) is 17.3 Å². The first-order valence-corrected chi connectivity index (χ1v) is 6.09. The number of amides is 1. The molecule has 1 saturated carbocycles. The van der Waals surface area contributed by atoms with Crippen molar-refractivity contribution in [2.75, 3.05) is 11.1 Å². The molecule has 0 bridgehead atoms. The number of hydrogen-bond acceptors (Lipinski definition) is 4. The Hall–Kier alpha value is -1.95. The number of rotatable bonds is 2. The summed E-state index contributed by atoms with van der Waals surface area (Å²) in [6.07, 6.45) is 0.722. The van der Waals surface area contributed by atoms with E-state index in [-0.39, 0.29) is 23.3 Å². The maximum Gasteiger partial charge on any atom is 0.230 e. The average Bonchev–Trinajstić information content (AvgIpc) is 3.05. The van der Waals surface area contributed by atoms with Gasteiger partial charge in [0.25, 0.3) is 0 Å². The number of nitrogens with one attached hydrogen (secondary N) is 1. The minimum atomic E-state index is -1.03. The molecule has 2 aromatic rings. The Morgan fingerprint density at radius 1 is 1.53 bits per heavy atom. The van der Waals surface area contributed by atoms with Gasteiger partial charge in [0, 0.05) is 5.39 Å². The molecule has 2 heterocycles. The highest BCUT2D eigenvalue weighted by Gasteiger charge is 2.43. The van der Waals surface area contributed by atoms with Crippen LogP contribution in [0.3, 0.4) is 0 Å². The predicted octanol–water partition coefficient (Wildman–Crippen LogP) is 2.16. The van der Waals surface area contributed by atoms with E-state index in [2.05, 4.69) is 15.3 Å². The Kier molecular flexibility index (Phi) is 2.74. The maximum atomic E-state index is 12.8. The fourth-order valence-corrected chi connectivity index (χ4v) is 2.08. The summed E-state index contributed by atoms with van der Waals surface area (Å²) in [5.74, 6) is -0.644. The van der Waals surface area contributed by atoms with Gasteiger partial charge in [-0.15, -0.1) is 0 Å². The molecule has 3 N–H and O–H groups in total. The van der Waals surface area contributed by atoms with Gasteiger partial charge in [0.15, 0.2) is 5.82 Å². The van der Waals surface area contributed by atoms with Crippen LogP contribution >= 0.6 is 11.6 Å². The van der Waals surface area contributed by atoms with Crippen molar-refractivity contribution in [3.05, 3.63) is 23.5 Å². The van der Waals surface area contributed by atoms with Crippen molar-refractivity contribution in [2.24, 2.45) is 5.92 Å². The standard InChI is InChI=1S/C12H10ClFN4O/c13-9-2-5-1-6(4-16-10(5)11(15)18-9)17-12(19)7-3-8(7)14/h1-2,4,7-8H,3H2,(H2,15,18)(H,17,19).